The van der Waals surface area contributed by atoms with Crippen molar-refractivity contribution in [2.75, 3.05) is 0 Å². The number of carbonyl (C=O) groups is 4. The summed E-state index contributed by atoms with van der Waals surface area (Å²) in [4.78, 5) is 45.5. The zero-order valence-electron chi connectivity index (χ0n) is 15.1. The predicted molar refractivity (Wildman–Crippen MR) is 93.3 cm³/mol. The van der Waals surface area contributed by atoms with Crippen molar-refractivity contribution in [3.05, 3.63) is 69.8 Å². The quantitative estimate of drug-likeness (QED) is 0.475. The number of benzene rings is 2. The molecular weight excluding hydrogens is 432 g/mol. The van der Waals surface area contributed by atoms with E-state index >= 15 is 4.39 Å². The lowest BCUT2D eigenvalue weighted by atomic mass is 9.82. The van der Waals surface area contributed by atoms with Gasteiger partial charge in [0.15, 0.2) is 0 Å². The molecule has 0 saturated heterocycles. The molecule has 0 bridgehead atoms. The van der Waals surface area contributed by atoms with Crippen LogP contribution in [0.4, 0.5) is 17.6 Å². The maximum atomic E-state index is 15.6. The second-order valence-electron chi connectivity index (χ2n) is 6.26. The maximum Gasteiger partial charge on any atom is 0.427 e. The molecule has 164 valence electrons. The van der Waals surface area contributed by atoms with Gasteiger partial charge in [-0.15, -0.1) is 0 Å². The van der Waals surface area contributed by atoms with E-state index in [0.717, 1.165) is 18.2 Å². The van der Waals surface area contributed by atoms with Crippen LogP contribution in [0.25, 0.3) is 0 Å². The molecule has 2 aromatic rings. The van der Waals surface area contributed by atoms with Crippen LogP contribution in [0.2, 0.25) is 0 Å². The molecule has 0 aliphatic rings. The van der Waals surface area contributed by atoms with Crippen LogP contribution < -0.4 is 0 Å². The van der Waals surface area contributed by atoms with E-state index in [1.165, 1.54) is 0 Å². The first-order chi connectivity index (χ1) is 14.2. The average Bonchev–Trinajstić information content (AvgIpc) is 2.65. The molecule has 0 aliphatic carbocycles. The number of alkyl halides is 4. The standard InChI is InChI=1S/C19H12F4O8/c20-18(19(21,22)23,11-6-2-5-10(15(26)27)13(11)17(30)31)7-8-3-1-4-9(14(24)25)12(8)16(28)29/h1-6H,7H2,(H,24,25)(H,26,27)(H,28,29)(H,30,31). The third-order valence-electron chi connectivity index (χ3n) is 4.41. The summed E-state index contributed by atoms with van der Waals surface area (Å²) in [5.74, 6) is -7.83. The molecule has 2 rings (SSSR count). The van der Waals surface area contributed by atoms with Crippen molar-refractivity contribution < 1.29 is 57.2 Å². The molecule has 1 atom stereocenters. The number of hydrogen-bond acceptors (Lipinski definition) is 4. The van der Waals surface area contributed by atoms with E-state index in [4.69, 9.17) is 10.2 Å². The summed E-state index contributed by atoms with van der Waals surface area (Å²) in [7, 11) is 0. The molecule has 1 unspecified atom stereocenters. The van der Waals surface area contributed by atoms with Crippen LogP contribution in [0.1, 0.15) is 52.6 Å². The third kappa shape index (κ3) is 4.17. The fourth-order valence-corrected chi connectivity index (χ4v) is 3.08. The topological polar surface area (TPSA) is 149 Å². The molecule has 0 aliphatic heterocycles. The second kappa shape index (κ2) is 8.05. The van der Waals surface area contributed by atoms with Gasteiger partial charge in [-0.2, -0.15) is 13.2 Å². The predicted octanol–water partition coefficient (Wildman–Crippen LogP) is 3.45. The third-order valence-corrected chi connectivity index (χ3v) is 4.41. The van der Waals surface area contributed by atoms with Crippen LogP contribution >= 0.6 is 0 Å². The van der Waals surface area contributed by atoms with Gasteiger partial charge < -0.3 is 20.4 Å². The summed E-state index contributed by atoms with van der Waals surface area (Å²) >= 11 is 0. The molecule has 0 saturated carbocycles. The Balaban J connectivity index is 2.87. The van der Waals surface area contributed by atoms with Crippen LogP contribution in [0.3, 0.4) is 0 Å². The number of carboxylic acids is 4. The lowest BCUT2D eigenvalue weighted by Gasteiger charge is -2.30. The molecule has 0 amide bonds. The fourth-order valence-electron chi connectivity index (χ4n) is 3.08. The largest absolute Gasteiger partial charge is 0.478 e. The van der Waals surface area contributed by atoms with Crippen molar-refractivity contribution in [1.82, 2.24) is 0 Å². The van der Waals surface area contributed by atoms with Crippen molar-refractivity contribution in [2.24, 2.45) is 0 Å². The van der Waals surface area contributed by atoms with Crippen LogP contribution in [0, 0.1) is 0 Å². The molecule has 8 nitrogen and oxygen atoms in total. The number of halogens is 4. The Morgan fingerprint density at radius 1 is 0.677 bits per heavy atom. The summed E-state index contributed by atoms with van der Waals surface area (Å²) in [5.41, 5.74) is -11.6. The molecule has 0 heterocycles. The molecule has 0 aromatic heterocycles. The first-order valence-corrected chi connectivity index (χ1v) is 8.16. The summed E-state index contributed by atoms with van der Waals surface area (Å²) < 4.78 is 57.2. The molecule has 0 spiro atoms. The highest BCUT2D eigenvalue weighted by Crippen LogP contribution is 2.47. The van der Waals surface area contributed by atoms with Crippen molar-refractivity contribution in [1.29, 1.82) is 0 Å². The number of aromatic carboxylic acids is 4. The zero-order chi connectivity index (χ0) is 23.7. The highest BCUT2D eigenvalue weighted by molar-refractivity contribution is 6.04. The Labute approximate surface area is 170 Å². The van der Waals surface area contributed by atoms with E-state index < -0.39 is 75.5 Å². The van der Waals surface area contributed by atoms with E-state index in [2.05, 4.69) is 0 Å². The van der Waals surface area contributed by atoms with Crippen LogP contribution in [-0.4, -0.2) is 50.5 Å². The fraction of sp³-hybridized carbons (Fsp3) is 0.158. The number of rotatable bonds is 7. The van der Waals surface area contributed by atoms with Gasteiger partial charge in [0.1, 0.15) is 0 Å². The highest BCUT2D eigenvalue weighted by Gasteiger charge is 2.59. The van der Waals surface area contributed by atoms with Gasteiger partial charge in [-0.1, -0.05) is 24.3 Å². The lowest BCUT2D eigenvalue weighted by Crippen LogP contribution is -2.42. The van der Waals surface area contributed by atoms with Gasteiger partial charge in [-0.3, -0.25) is 0 Å². The summed E-state index contributed by atoms with van der Waals surface area (Å²) in [6, 6.07) is 4.23. The molecule has 0 fully saturated rings. The van der Waals surface area contributed by atoms with E-state index in [1.54, 1.807) is 0 Å². The monoisotopic (exact) mass is 444 g/mol. The minimum Gasteiger partial charge on any atom is -0.478 e. The Bertz CT molecular complexity index is 1090. The summed E-state index contributed by atoms with van der Waals surface area (Å²) in [5, 5.41) is 36.8. The molecular formula is C19H12F4O8. The molecule has 12 heteroatoms. The van der Waals surface area contributed by atoms with Crippen LogP contribution in [0.5, 0.6) is 0 Å². The van der Waals surface area contributed by atoms with E-state index in [9.17, 15) is 42.6 Å². The minimum absolute atomic E-state index is 0.421. The Morgan fingerprint density at radius 2 is 1.13 bits per heavy atom. The average molecular weight is 444 g/mol. The summed E-state index contributed by atoms with van der Waals surface area (Å²) in [6.07, 6.45) is -7.65. The van der Waals surface area contributed by atoms with Crippen molar-refractivity contribution in [3.8, 4) is 0 Å². The van der Waals surface area contributed by atoms with Gasteiger partial charge in [0.05, 0.1) is 22.3 Å². The minimum atomic E-state index is -5.83. The lowest BCUT2D eigenvalue weighted by molar-refractivity contribution is -0.235. The van der Waals surface area contributed by atoms with Crippen molar-refractivity contribution in [2.45, 2.75) is 18.3 Å². The Hall–Kier alpha value is -3.96. The summed E-state index contributed by atoms with van der Waals surface area (Å²) in [6.45, 7) is 0. The van der Waals surface area contributed by atoms with E-state index in [1.807, 2.05) is 0 Å². The van der Waals surface area contributed by atoms with E-state index in [-0.39, 0.29) is 0 Å². The number of carboxylic acid groups (broad SMARTS) is 4. The first-order valence-electron chi connectivity index (χ1n) is 8.16. The first kappa shape index (κ1) is 23.3. The van der Waals surface area contributed by atoms with Gasteiger partial charge in [0.2, 0.25) is 5.67 Å². The Morgan fingerprint density at radius 3 is 1.55 bits per heavy atom. The zero-order valence-corrected chi connectivity index (χ0v) is 15.1. The molecule has 31 heavy (non-hydrogen) atoms. The van der Waals surface area contributed by atoms with Crippen LogP contribution in [0.15, 0.2) is 36.4 Å². The van der Waals surface area contributed by atoms with Crippen LogP contribution in [-0.2, 0) is 12.1 Å². The van der Waals surface area contributed by atoms with E-state index in [0.29, 0.717) is 18.2 Å². The SMILES string of the molecule is O=C(O)c1cccc(CC(F)(c2cccc(C(=O)O)c2C(=O)O)C(F)(F)F)c1C(=O)O. The maximum absolute atomic E-state index is 15.6. The van der Waals surface area contributed by atoms with Gasteiger partial charge >= 0.3 is 30.1 Å². The Kier molecular flexibility index (Phi) is 6.05. The van der Waals surface area contributed by atoms with Gasteiger partial charge in [-0.25, -0.2) is 23.6 Å². The smallest absolute Gasteiger partial charge is 0.427 e. The van der Waals surface area contributed by atoms with Gasteiger partial charge in [-0.05, 0) is 17.7 Å². The number of hydrogen-bond donors (Lipinski definition) is 4. The normalized spacial score (nSPS) is 13.3. The highest BCUT2D eigenvalue weighted by atomic mass is 19.4. The van der Waals surface area contributed by atoms with Crippen molar-refractivity contribution in [3.63, 3.8) is 0 Å². The van der Waals surface area contributed by atoms with Gasteiger partial charge in [0.25, 0.3) is 0 Å². The van der Waals surface area contributed by atoms with Gasteiger partial charge in [0, 0.05) is 12.0 Å². The molecule has 2 aromatic carbocycles. The van der Waals surface area contributed by atoms with Crippen molar-refractivity contribution >= 4 is 23.9 Å². The molecule has 4 N–H and O–H groups in total. The second-order valence-corrected chi connectivity index (χ2v) is 6.26. The molecule has 0 radical (unpaired) electrons.